The first kappa shape index (κ1) is 47.0. The van der Waals surface area contributed by atoms with Gasteiger partial charge in [-0.1, -0.05) is 145 Å². The molecule has 1 N–H and O–H groups in total. The zero-order valence-corrected chi connectivity index (χ0v) is 32.3. The van der Waals surface area contributed by atoms with Crippen molar-refractivity contribution in [2.24, 2.45) is 0 Å². The highest BCUT2D eigenvalue weighted by Crippen LogP contribution is 2.13. The highest BCUT2D eigenvalue weighted by Gasteiger charge is 2.31. The number of aliphatic carboxylic acids is 1. The second kappa shape index (κ2) is 33.2. The molecule has 0 aromatic rings. The molecule has 8 nitrogen and oxygen atoms in total. The second-order valence-electron chi connectivity index (χ2n) is 14.0. The van der Waals surface area contributed by atoms with Crippen molar-refractivity contribution < 1.29 is 38.2 Å². The molecule has 0 aliphatic carbocycles. The monoisotopic (exact) mass is 703 g/mol. The van der Waals surface area contributed by atoms with Crippen LogP contribution in [0.5, 0.6) is 0 Å². The van der Waals surface area contributed by atoms with Gasteiger partial charge in [-0.05, 0) is 32.1 Å². The van der Waals surface area contributed by atoms with E-state index in [1.807, 2.05) is 57.6 Å². The first-order valence-electron chi connectivity index (χ1n) is 19.4. The Kier molecular flexibility index (Phi) is 31.2. The molecule has 0 spiro atoms. The third-order valence-electron chi connectivity index (χ3n) is 8.28. The molecule has 2 unspecified atom stereocenters. The number of nitrogens with zero attached hydrogens (tertiary/aromatic N) is 1. The molecule has 8 heteroatoms. The highest BCUT2D eigenvalue weighted by molar-refractivity contribution is 5.72. The number of hydrogen-bond donors (Lipinski definition) is 1. The number of allylic oxidation sites excluding steroid dienone is 10. The quantitative estimate of drug-likeness (QED) is 0.0315. The van der Waals surface area contributed by atoms with E-state index in [2.05, 4.69) is 38.2 Å². The van der Waals surface area contributed by atoms with E-state index in [4.69, 9.17) is 14.2 Å². The van der Waals surface area contributed by atoms with Crippen LogP contribution in [-0.2, 0) is 28.6 Å². The Morgan fingerprint density at radius 3 is 1.64 bits per heavy atom. The average Bonchev–Trinajstić information content (AvgIpc) is 3.06. The lowest BCUT2D eigenvalue weighted by atomic mass is 10.1. The van der Waals surface area contributed by atoms with Crippen LogP contribution in [0.2, 0.25) is 0 Å². The van der Waals surface area contributed by atoms with Gasteiger partial charge in [0.15, 0.2) is 12.1 Å². The lowest BCUT2D eigenvalue weighted by Crippen LogP contribution is -2.50. The zero-order chi connectivity index (χ0) is 37.1. The van der Waals surface area contributed by atoms with Crippen molar-refractivity contribution in [3.63, 3.8) is 0 Å². The molecule has 0 rings (SSSR count). The average molecular weight is 703 g/mol. The Labute approximate surface area is 305 Å². The van der Waals surface area contributed by atoms with Crippen LogP contribution < -0.4 is 0 Å². The van der Waals surface area contributed by atoms with Crippen molar-refractivity contribution >= 4 is 17.9 Å². The van der Waals surface area contributed by atoms with Gasteiger partial charge in [-0.15, -0.1) is 0 Å². The minimum atomic E-state index is -0.883. The summed E-state index contributed by atoms with van der Waals surface area (Å²) in [7, 11) is 5.50. The van der Waals surface area contributed by atoms with Gasteiger partial charge in [0, 0.05) is 19.3 Å². The fourth-order valence-corrected chi connectivity index (χ4v) is 5.24. The SMILES string of the molecule is CCC/C=C/C=C/C=C/C=C/C=C/CCCCCCCC(=O)OCC(COCCC(C(=O)O)[N+](C)(C)C)OC(=O)CCCCCCCCCC. The van der Waals surface area contributed by atoms with Gasteiger partial charge in [-0.25, -0.2) is 4.79 Å². The molecule has 0 radical (unpaired) electrons. The molecule has 2 atom stereocenters. The molecule has 0 bridgehead atoms. The van der Waals surface area contributed by atoms with Crippen molar-refractivity contribution in [3.05, 3.63) is 60.8 Å². The van der Waals surface area contributed by atoms with Gasteiger partial charge < -0.3 is 23.8 Å². The lowest BCUT2D eigenvalue weighted by Gasteiger charge is -2.31. The van der Waals surface area contributed by atoms with Crippen molar-refractivity contribution in [2.45, 2.75) is 148 Å². The van der Waals surface area contributed by atoms with Crippen LogP contribution >= 0.6 is 0 Å². The fourth-order valence-electron chi connectivity index (χ4n) is 5.24. The molecule has 0 aliphatic rings. The smallest absolute Gasteiger partial charge is 0.362 e. The summed E-state index contributed by atoms with van der Waals surface area (Å²) in [6, 6.07) is -0.618. The molecule has 50 heavy (non-hydrogen) atoms. The number of esters is 2. The van der Waals surface area contributed by atoms with Gasteiger partial charge in [0.25, 0.3) is 0 Å². The van der Waals surface area contributed by atoms with Crippen molar-refractivity contribution in [2.75, 3.05) is 41.0 Å². The maximum atomic E-state index is 12.6. The normalized spacial score (nSPS) is 13.7. The summed E-state index contributed by atoms with van der Waals surface area (Å²) in [6.07, 6.45) is 38.3. The Morgan fingerprint density at radius 2 is 1.10 bits per heavy atom. The van der Waals surface area contributed by atoms with Gasteiger partial charge in [0.1, 0.15) is 6.61 Å². The van der Waals surface area contributed by atoms with Crippen LogP contribution in [0.25, 0.3) is 0 Å². The molecule has 286 valence electrons. The third kappa shape index (κ3) is 31.0. The van der Waals surface area contributed by atoms with Gasteiger partial charge in [0.05, 0.1) is 34.4 Å². The molecular weight excluding hydrogens is 630 g/mol. The van der Waals surface area contributed by atoms with E-state index in [1.54, 1.807) is 0 Å². The molecule has 0 aromatic heterocycles. The zero-order valence-electron chi connectivity index (χ0n) is 32.3. The Balaban J connectivity index is 4.41. The lowest BCUT2D eigenvalue weighted by molar-refractivity contribution is -0.887. The molecule has 0 aliphatic heterocycles. The molecule has 0 fully saturated rings. The molecule has 0 heterocycles. The van der Waals surface area contributed by atoms with Gasteiger partial charge in [0.2, 0.25) is 0 Å². The maximum Gasteiger partial charge on any atom is 0.362 e. The van der Waals surface area contributed by atoms with E-state index in [1.165, 1.54) is 38.5 Å². The summed E-state index contributed by atoms with van der Waals surface area (Å²) in [6.45, 7) is 4.56. The molecule has 0 saturated carbocycles. The Hall–Kier alpha value is -2.97. The predicted octanol–water partition coefficient (Wildman–Crippen LogP) is 9.85. The maximum absolute atomic E-state index is 12.6. The minimum absolute atomic E-state index is 0.0508. The standard InChI is InChI=1S/C42H71NO7/c1-6-8-10-12-14-16-17-18-19-20-21-22-23-24-25-27-28-30-32-40(44)49-37-38(36-48-35-34-39(42(46)47)43(3,4)5)50-41(45)33-31-29-26-15-13-11-9-7-2/h10,12,14,16-22,38-39H,6-9,11,13,15,23-37H2,1-5H3/p+1/b12-10+,16-14+,18-17+,20-19+,22-21+. The Morgan fingerprint density at radius 1 is 0.600 bits per heavy atom. The molecule has 0 saturated heterocycles. The van der Waals surface area contributed by atoms with Crippen LogP contribution in [0.3, 0.4) is 0 Å². The number of carboxylic acid groups (broad SMARTS) is 1. The summed E-state index contributed by atoms with van der Waals surface area (Å²) < 4.78 is 17.1. The molecule has 0 aromatic carbocycles. The van der Waals surface area contributed by atoms with Gasteiger partial charge >= 0.3 is 17.9 Å². The van der Waals surface area contributed by atoms with E-state index in [0.717, 1.165) is 64.2 Å². The van der Waals surface area contributed by atoms with Gasteiger partial charge in [-0.2, -0.15) is 0 Å². The second-order valence-corrected chi connectivity index (χ2v) is 14.0. The van der Waals surface area contributed by atoms with E-state index in [9.17, 15) is 19.5 Å². The number of carbonyl (C=O) groups is 3. The van der Waals surface area contributed by atoms with E-state index in [-0.39, 0.29) is 36.2 Å². The van der Waals surface area contributed by atoms with Crippen LogP contribution in [-0.4, -0.2) is 80.6 Å². The number of ether oxygens (including phenoxy) is 3. The largest absolute Gasteiger partial charge is 0.477 e. The number of carboxylic acids is 1. The van der Waals surface area contributed by atoms with E-state index in [0.29, 0.717) is 19.3 Å². The minimum Gasteiger partial charge on any atom is -0.477 e. The van der Waals surface area contributed by atoms with E-state index >= 15 is 0 Å². The number of unbranched alkanes of at least 4 members (excludes halogenated alkanes) is 13. The topological polar surface area (TPSA) is 99.1 Å². The molecule has 0 amide bonds. The first-order valence-corrected chi connectivity index (χ1v) is 19.4. The Bertz CT molecular complexity index is 1010. The fraction of sp³-hybridized carbons (Fsp3) is 0.690. The van der Waals surface area contributed by atoms with Crippen LogP contribution in [0.1, 0.15) is 136 Å². The predicted molar refractivity (Wildman–Crippen MR) is 206 cm³/mol. The molecular formula is C42H72NO7+. The summed E-state index contributed by atoms with van der Waals surface area (Å²) in [5.41, 5.74) is 0. The van der Waals surface area contributed by atoms with E-state index < -0.39 is 18.1 Å². The van der Waals surface area contributed by atoms with Gasteiger partial charge in [-0.3, -0.25) is 9.59 Å². The third-order valence-corrected chi connectivity index (χ3v) is 8.28. The number of rotatable bonds is 33. The van der Waals surface area contributed by atoms with Crippen LogP contribution in [0.15, 0.2) is 60.8 Å². The number of hydrogen-bond acceptors (Lipinski definition) is 6. The summed E-state index contributed by atoms with van der Waals surface area (Å²) in [5.74, 6) is -1.51. The number of likely N-dealkylation sites (N-methyl/N-ethyl adjacent to an activating group) is 1. The first-order chi connectivity index (χ1) is 24.1. The summed E-state index contributed by atoms with van der Waals surface area (Å²) >= 11 is 0. The van der Waals surface area contributed by atoms with Crippen molar-refractivity contribution in [3.8, 4) is 0 Å². The number of quaternary nitrogens is 1. The summed E-state index contributed by atoms with van der Waals surface area (Å²) in [5, 5.41) is 9.57. The van der Waals surface area contributed by atoms with Crippen molar-refractivity contribution in [1.82, 2.24) is 0 Å². The number of carbonyl (C=O) groups excluding carboxylic acids is 2. The highest BCUT2D eigenvalue weighted by atomic mass is 16.6. The summed E-state index contributed by atoms with van der Waals surface area (Å²) in [4.78, 5) is 36.7. The van der Waals surface area contributed by atoms with Crippen molar-refractivity contribution in [1.29, 1.82) is 0 Å². The van der Waals surface area contributed by atoms with Crippen LogP contribution in [0.4, 0.5) is 0 Å². The van der Waals surface area contributed by atoms with Crippen LogP contribution in [0, 0.1) is 0 Å².